The average Bonchev–Trinajstić information content (AvgIpc) is 3.08. The third-order valence-corrected chi connectivity index (χ3v) is 6.92. The van der Waals surface area contributed by atoms with Gasteiger partial charge in [-0.3, -0.25) is 14.5 Å². The summed E-state index contributed by atoms with van der Waals surface area (Å²) in [6.07, 6.45) is 0. The number of anilines is 1. The van der Waals surface area contributed by atoms with E-state index in [1.165, 1.54) is 28.8 Å². The zero-order valence-electron chi connectivity index (χ0n) is 19.3. The van der Waals surface area contributed by atoms with Gasteiger partial charge in [0.15, 0.2) is 0 Å². The van der Waals surface area contributed by atoms with Gasteiger partial charge in [0, 0.05) is 22.6 Å². The maximum Gasteiger partial charge on any atom is 0.323 e. The molecule has 2 heterocycles. The highest BCUT2D eigenvalue weighted by atomic mass is 32.2. The second kappa shape index (κ2) is 8.87. The maximum absolute atomic E-state index is 15.0. The number of amides is 1. The number of benzene rings is 2. The molecule has 178 valence electrons. The molecule has 1 aliphatic rings. The number of aliphatic carboxylic acids is 1. The zero-order valence-corrected chi connectivity index (χ0v) is 20.1. The number of halogens is 2. The number of thioether (sulfide) groups is 1. The molecule has 1 N–H and O–H groups in total. The van der Waals surface area contributed by atoms with E-state index in [9.17, 15) is 19.1 Å². The number of aryl methyl sites for hydroxylation is 1. The van der Waals surface area contributed by atoms with Crippen LogP contribution in [-0.2, 0) is 15.0 Å². The minimum atomic E-state index is -1.18. The monoisotopic (exact) mass is 485 g/mol. The van der Waals surface area contributed by atoms with Crippen LogP contribution in [0.2, 0.25) is 0 Å². The highest BCUT2D eigenvalue weighted by Crippen LogP contribution is 2.49. The molecule has 0 saturated carbocycles. The van der Waals surface area contributed by atoms with Gasteiger partial charge < -0.3 is 5.11 Å². The number of carboxylic acids is 1. The van der Waals surface area contributed by atoms with E-state index in [0.717, 1.165) is 11.6 Å². The first-order valence-corrected chi connectivity index (χ1v) is 11.8. The molecule has 1 amide bonds. The summed E-state index contributed by atoms with van der Waals surface area (Å²) in [5.41, 5.74) is 2.42. The molecule has 2 aromatic carbocycles. The van der Waals surface area contributed by atoms with Crippen LogP contribution < -0.4 is 4.90 Å². The van der Waals surface area contributed by atoms with Gasteiger partial charge in [0.2, 0.25) is 5.91 Å². The lowest BCUT2D eigenvalue weighted by molar-refractivity contribution is -0.136. The van der Waals surface area contributed by atoms with Crippen LogP contribution in [0.15, 0.2) is 42.5 Å². The Balaban J connectivity index is 2.11. The number of hydrogen-bond donors (Lipinski definition) is 1. The van der Waals surface area contributed by atoms with Gasteiger partial charge in [0.25, 0.3) is 0 Å². The summed E-state index contributed by atoms with van der Waals surface area (Å²) in [6, 6.07) is 10.8. The fourth-order valence-electron chi connectivity index (χ4n) is 4.14. The summed E-state index contributed by atoms with van der Waals surface area (Å²) in [5, 5.41) is 13.8. The predicted molar refractivity (Wildman–Crippen MR) is 128 cm³/mol. The van der Waals surface area contributed by atoms with Crippen molar-refractivity contribution in [2.24, 2.45) is 0 Å². The fourth-order valence-corrected chi connectivity index (χ4v) is 5.36. The standard InChI is InChI=1S/C25H25F2N3O3S/c1-14-7-5-6-8-18(14)30-24-21(23(28-30)25(2,3)4)22(16-10-9-15(26)11-17(16)27)34-13-19(31)29(24)12-20(32)33/h5-11,22H,12-13H2,1-4H3,(H,32,33). The van der Waals surface area contributed by atoms with Crippen molar-refractivity contribution < 1.29 is 23.5 Å². The second-order valence-electron chi connectivity index (χ2n) is 9.26. The van der Waals surface area contributed by atoms with Gasteiger partial charge in [0.1, 0.15) is 24.0 Å². The number of para-hydroxylation sites is 1. The van der Waals surface area contributed by atoms with Gasteiger partial charge >= 0.3 is 5.97 Å². The topological polar surface area (TPSA) is 75.4 Å². The molecule has 6 nitrogen and oxygen atoms in total. The summed E-state index contributed by atoms with van der Waals surface area (Å²) in [5.74, 6) is -2.80. The van der Waals surface area contributed by atoms with E-state index in [4.69, 9.17) is 5.10 Å². The smallest absolute Gasteiger partial charge is 0.323 e. The van der Waals surface area contributed by atoms with Crippen LogP contribution in [0.5, 0.6) is 0 Å². The SMILES string of the molecule is Cc1ccccc1-n1nc(C(C)(C)C)c2c1N(CC(=O)O)C(=O)CSC2c1ccc(F)cc1F. The van der Waals surface area contributed by atoms with Crippen LogP contribution in [0.3, 0.4) is 0 Å². The molecular formula is C25H25F2N3O3S. The third kappa shape index (κ3) is 4.32. The summed E-state index contributed by atoms with van der Waals surface area (Å²) in [7, 11) is 0. The van der Waals surface area contributed by atoms with E-state index in [1.54, 1.807) is 4.68 Å². The summed E-state index contributed by atoms with van der Waals surface area (Å²) in [4.78, 5) is 26.2. The van der Waals surface area contributed by atoms with Gasteiger partial charge in [0.05, 0.1) is 22.4 Å². The first-order valence-electron chi connectivity index (χ1n) is 10.8. The number of carbonyl (C=O) groups is 2. The van der Waals surface area contributed by atoms with Crippen LogP contribution in [0.4, 0.5) is 14.6 Å². The summed E-state index contributed by atoms with van der Waals surface area (Å²) in [6.45, 7) is 7.19. The molecule has 1 aliphatic heterocycles. The second-order valence-corrected chi connectivity index (χ2v) is 10.4. The number of carbonyl (C=O) groups excluding carboxylic acids is 1. The van der Waals surface area contributed by atoms with Gasteiger partial charge in [-0.25, -0.2) is 13.5 Å². The van der Waals surface area contributed by atoms with Crippen LogP contribution in [-0.4, -0.2) is 39.1 Å². The molecular weight excluding hydrogens is 460 g/mol. The lowest BCUT2D eigenvalue weighted by Crippen LogP contribution is -2.38. The quantitative estimate of drug-likeness (QED) is 0.562. The Hall–Kier alpha value is -3.20. The molecule has 0 bridgehead atoms. The Labute approximate surface area is 200 Å². The number of aromatic nitrogens is 2. The predicted octanol–water partition coefficient (Wildman–Crippen LogP) is 5.01. The van der Waals surface area contributed by atoms with E-state index < -0.39 is 40.7 Å². The van der Waals surface area contributed by atoms with Crippen molar-refractivity contribution in [3.63, 3.8) is 0 Å². The Morgan fingerprint density at radius 3 is 2.53 bits per heavy atom. The first kappa shape index (κ1) is 23.9. The molecule has 3 aromatic rings. The lowest BCUT2D eigenvalue weighted by atomic mass is 9.87. The molecule has 0 spiro atoms. The van der Waals surface area contributed by atoms with Crippen LogP contribution >= 0.6 is 11.8 Å². The molecule has 1 unspecified atom stereocenters. The molecule has 0 saturated heterocycles. The number of rotatable bonds is 4. The van der Waals surface area contributed by atoms with Crippen molar-refractivity contribution in [2.75, 3.05) is 17.2 Å². The van der Waals surface area contributed by atoms with Crippen molar-refractivity contribution in [1.29, 1.82) is 0 Å². The number of hydrogen-bond acceptors (Lipinski definition) is 4. The fraction of sp³-hybridized carbons (Fsp3) is 0.320. The Morgan fingerprint density at radius 2 is 1.91 bits per heavy atom. The van der Waals surface area contributed by atoms with Crippen molar-refractivity contribution in [3.8, 4) is 5.69 Å². The van der Waals surface area contributed by atoms with Crippen LogP contribution in [0.25, 0.3) is 5.69 Å². The number of carboxylic acid groups (broad SMARTS) is 1. The molecule has 1 aromatic heterocycles. The van der Waals surface area contributed by atoms with Crippen LogP contribution in [0, 0.1) is 18.6 Å². The highest BCUT2D eigenvalue weighted by molar-refractivity contribution is 8.00. The van der Waals surface area contributed by atoms with Gasteiger partial charge in [-0.1, -0.05) is 45.0 Å². The van der Waals surface area contributed by atoms with Gasteiger partial charge in [-0.15, -0.1) is 11.8 Å². The minimum absolute atomic E-state index is 0.0687. The molecule has 9 heteroatoms. The minimum Gasteiger partial charge on any atom is -0.480 e. The maximum atomic E-state index is 15.0. The summed E-state index contributed by atoms with van der Waals surface area (Å²) < 4.78 is 30.3. The Bertz CT molecular complexity index is 1280. The van der Waals surface area contributed by atoms with Crippen molar-refractivity contribution in [3.05, 3.63) is 76.5 Å². The number of nitrogens with zero attached hydrogens (tertiary/aromatic N) is 3. The van der Waals surface area contributed by atoms with Crippen LogP contribution in [0.1, 0.15) is 48.4 Å². The third-order valence-electron chi connectivity index (χ3n) is 5.68. The zero-order chi connectivity index (χ0) is 24.8. The lowest BCUT2D eigenvalue weighted by Gasteiger charge is -2.24. The van der Waals surface area contributed by atoms with E-state index in [-0.39, 0.29) is 11.3 Å². The van der Waals surface area contributed by atoms with E-state index in [0.29, 0.717) is 22.8 Å². The molecule has 1 atom stereocenters. The number of fused-ring (bicyclic) bond motifs is 1. The van der Waals surface area contributed by atoms with Gasteiger partial charge in [-0.05, 0) is 24.6 Å². The Morgan fingerprint density at radius 1 is 1.21 bits per heavy atom. The van der Waals surface area contributed by atoms with Crippen molar-refractivity contribution in [2.45, 2.75) is 38.4 Å². The highest BCUT2D eigenvalue weighted by Gasteiger charge is 2.40. The molecule has 0 fully saturated rings. The largest absolute Gasteiger partial charge is 0.480 e. The average molecular weight is 486 g/mol. The Kier molecular flexibility index (Phi) is 6.24. The molecule has 34 heavy (non-hydrogen) atoms. The summed E-state index contributed by atoms with van der Waals surface area (Å²) >= 11 is 1.18. The molecule has 0 aliphatic carbocycles. The van der Waals surface area contributed by atoms with E-state index in [1.807, 2.05) is 52.0 Å². The molecule has 0 radical (unpaired) electrons. The van der Waals surface area contributed by atoms with E-state index >= 15 is 4.39 Å². The van der Waals surface area contributed by atoms with Gasteiger partial charge in [-0.2, -0.15) is 5.10 Å². The van der Waals surface area contributed by atoms with Crippen molar-refractivity contribution in [1.82, 2.24) is 9.78 Å². The first-order chi connectivity index (χ1) is 16.0. The van der Waals surface area contributed by atoms with E-state index in [2.05, 4.69) is 0 Å². The molecule has 4 rings (SSSR count). The van der Waals surface area contributed by atoms with Crippen molar-refractivity contribution >= 4 is 29.5 Å². The normalized spacial score (nSPS) is 16.4.